The minimum absolute atomic E-state index is 0.0600. The van der Waals surface area contributed by atoms with E-state index in [-0.39, 0.29) is 12.0 Å². The number of benzene rings is 2. The normalized spacial score (nSPS) is 23.1. The van der Waals surface area contributed by atoms with Crippen LogP contribution in [0.15, 0.2) is 65.8 Å². The van der Waals surface area contributed by atoms with Crippen LogP contribution in [0.2, 0.25) is 0 Å². The molecule has 2 aliphatic rings. The number of nitrogens with zero attached hydrogens (tertiary/aromatic N) is 2. The average Bonchev–Trinajstić information content (AvgIpc) is 2.96. The maximum Gasteiger partial charge on any atom is 0.253 e. The van der Waals surface area contributed by atoms with Crippen molar-refractivity contribution >= 4 is 17.3 Å². The number of para-hydroxylation sites is 1. The van der Waals surface area contributed by atoms with Gasteiger partial charge in [0.2, 0.25) is 0 Å². The van der Waals surface area contributed by atoms with Gasteiger partial charge in [0.15, 0.2) is 0 Å². The third-order valence-corrected chi connectivity index (χ3v) is 4.69. The van der Waals surface area contributed by atoms with E-state index in [0.29, 0.717) is 18.9 Å². The Morgan fingerprint density at radius 2 is 1.67 bits per heavy atom. The Morgan fingerprint density at radius 3 is 2.38 bits per heavy atom. The summed E-state index contributed by atoms with van der Waals surface area (Å²) in [6, 6.07) is 19.8. The minimum atomic E-state index is 0.0600. The Bertz CT molecular complexity index is 737. The zero-order valence-corrected chi connectivity index (χ0v) is 13.5. The number of carbonyl (C=O) groups is 1. The molecule has 24 heavy (non-hydrogen) atoms. The van der Waals surface area contributed by atoms with Crippen molar-refractivity contribution in [1.82, 2.24) is 0 Å². The first-order valence-corrected chi connectivity index (χ1v) is 8.40. The second-order valence-corrected chi connectivity index (χ2v) is 6.40. The maximum absolute atomic E-state index is 12.2. The Morgan fingerprint density at radius 1 is 1.00 bits per heavy atom. The third-order valence-electron chi connectivity index (χ3n) is 4.69. The van der Waals surface area contributed by atoms with Gasteiger partial charge >= 0.3 is 0 Å². The monoisotopic (exact) mass is 320 g/mol. The lowest BCUT2D eigenvalue weighted by atomic mass is 9.78. The summed E-state index contributed by atoms with van der Waals surface area (Å²) in [5.74, 6) is 0.438. The van der Waals surface area contributed by atoms with E-state index in [1.807, 2.05) is 48.5 Å². The SMILES string of the molecule is O=C1CC(C2CC(OCc3ccccc3)C2)=NN1c1ccccc1. The van der Waals surface area contributed by atoms with Crippen LogP contribution in [0, 0.1) is 5.92 Å². The van der Waals surface area contributed by atoms with E-state index < -0.39 is 0 Å². The van der Waals surface area contributed by atoms with Crippen LogP contribution in [-0.4, -0.2) is 17.7 Å². The molecule has 4 nitrogen and oxygen atoms in total. The molecule has 0 spiro atoms. The smallest absolute Gasteiger partial charge is 0.253 e. The van der Waals surface area contributed by atoms with E-state index in [1.165, 1.54) is 10.6 Å². The van der Waals surface area contributed by atoms with Crippen LogP contribution < -0.4 is 5.01 Å². The molecule has 2 aromatic carbocycles. The molecule has 0 bridgehead atoms. The van der Waals surface area contributed by atoms with Crippen molar-refractivity contribution in [2.24, 2.45) is 11.0 Å². The Kier molecular flexibility index (Phi) is 4.13. The number of hydrogen-bond acceptors (Lipinski definition) is 3. The predicted molar refractivity (Wildman–Crippen MR) is 93.7 cm³/mol. The van der Waals surface area contributed by atoms with Gasteiger partial charge in [-0.2, -0.15) is 5.10 Å². The molecule has 2 aromatic rings. The zero-order chi connectivity index (χ0) is 16.4. The van der Waals surface area contributed by atoms with Gasteiger partial charge in [0.1, 0.15) is 0 Å². The molecular formula is C20H20N2O2. The summed E-state index contributed by atoms with van der Waals surface area (Å²) >= 11 is 0. The lowest BCUT2D eigenvalue weighted by Crippen LogP contribution is -2.36. The van der Waals surface area contributed by atoms with Crippen molar-refractivity contribution in [2.45, 2.75) is 32.0 Å². The van der Waals surface area contributed by atoms with E-state index in [1.54, 1.807) is 0 Å². The lowest BCUT2D eigenvalue weighted by molar-refractivity contribution is -0.117. The number of hydrazone groups is 1. The van der Waals surface area contributed by atoms with Gasteiger partial charge < -0.3 is 4.74 Å². The molecule has 1 amide bonds. The molecule has 1 aliphatic heterocycles. The van der Waals surface area contributed by atoms with Gasteiger partial charge in [0.05, 0.1) is 30.5 Å². The average molecular weight is 320 g/mol. The lowest BCUT2D eigenvalue weighted by Gasteiger charge is -2.34. The highest BCUT2D eigenvalue weighted by molar-refractivity contribution is 6.13. The molecule has 1 saturated carbocycles. The molecule has 0 atom stereocenters. The van der Waals surface area contributed by atoms with Crippen LogP contribution in [0.3, 0.4) is 0 Å². The first kappa shape index (κ1) is 15.1. The standard InChI is InChI=1S/C20H20N2O2/c23-20-13-19(21-22(20)17-9-5-2-6-10-17)16-11-18(12-16)24-14-15-7-3-1-4-8-15/h1-10,16,18H,11-14H2. The largest absolute Gasteiger partial charge is 0.373 e. The number of amides is 1. The molecule has 122 valence electrons. The van der Waals surface area contributed by atoms with Crippen LogP contribution in [0.4, 0.5) is 5.69 Å². The Labute approximate surface area is 141 Å². The number of carbonyl (C=O) groups excluding carboxylic acids is 1. The first-order valence-electron chi connectivity index (χ1n) is 8.40. The molecule has 0 saturated heterocycles. The highest BCUT2D eigenvalue weighted by Crippen LogP contribution is 2.35. The van der Waals surface area contributed by atoms with E-state index in [4.69, 9.17) is 4.74 Å². The fraction of sp³-hybridized carbons (Fsp3) is 0.300. The number of hydrogen-bond donors (Lipinski definition) is 0. The topological polar surface area (TPSA) is 41.9 Å². The van der Waals surface area contributed by atoms with Crippen LogP contribution in [0.25, 0.3) is 0 Å². The molecule has 1 heterocycles. The highest BCUT2D eigenvalue weighted by atomic mass is 16.5. The summed E-state index contributed by atoms with van der Waals surface area (Å²) in [7, 11) is 0. The second kappa shape index (κ2) is 6.57. The van der Waals surface area contributed by atoms with Crippen molar-refractivity contribution in [1.29, 1.82) is 0 Å². The first-order chi connectivity index (χ1) is 11.8. The van der Waals surface area contributed by atoms with Crippen LogP contribution in [0.5, 0.6) is 0 Å². The molecule has 1 aliphatic carbocycles. The van der Waals surface area contributed by atoms with Crippen molar-refractivity contribution in [3.8, 4) is 0 Å². The molecule has 0 N–H and O–H groups in total. The van der Waals surface area contributed by atoms with Crippen molar-refractivity contribution in [3.05, 3.63) is 66.2 Å². The Hall–Kier alpha value is -2.46. The summed E-state index contributed by atoms with van der Waals surface area (Å²) in [6.07, 6.45) is 2.63. The van der Waals surface area contributed by atoms with Gasteiger partial charge in [-0.1, -0.05) is 48.5 Å². The van der Waals surface area contributed by atoms with Gasteiger partial charge in [-0.05, 0) is 30.5 Å². The van der Waals surface area contributed by atoms with Gasteiger partial charge in [0.25, 0.3) is 5.91 Å². The van der Waals surface area contributed by atoms with Crippen molar-refractivity contribution in [2.75, 3.05) is 5.01 Å². The number of ether oxygens (including phenoxy) is 1. The molecular weight excluding hydrogens is 300 g/mol. The van der Waals surface area contributed by atoms with E-state index >= 15 is 0 Å². The quantitative estimate of drug-likeness (QED) is 0.841. The third kappa shape index (κ3) is 3.10. The predicted octanol–water partition coefficient (Wildman–Crippen LogP) is 3.77. The Balaban J connectivity index is 1.31. The zero-order valence-electron chi connectivity index (χ0n) is 13.5. The van der Waals surface area contributed by atoms with Gasteiger partial charge in [0, 0.05) is 5.92 Å². The minimum Gasteiger partial charge on any atom is -0.373 e. The molecule has 4 rings (SSSR count). The van der Waals surface area contributed by atoms with E-state index in [0.717, 1.165) is 24.2 Å². The summed E-state index contributed by atoms with van der Waals surface area (Å²) in [5.41, 5.74) is 3.04. The summed E-state index contributed by atoms with van der Waals surface area (Å²) < 4.78 is 5.94. The molecule has 4 heteroatoms. The van der Waals surface area contributed by atoms with E-state index in [9.17, 15) is 4.79 Å². The maximum atomic E-state index is 12.2. The molecule has 0 radical (unpaired) electrons. The molecule has 1 fully saturated rings. The number of anilines is 1. The van der Waals surface area contributed by atoms with Gasteiger partial charge in [-0.15, -0.1) is 0 Å². The highest BCUT2D eigenvalue weighted by Gasteiger charge is 2.38. The van der Waals surface area contributed by atoms with Gasteiger partial charge in [-0.3, -0.25) is 4.79 Å². The molecule has 0 unspecified atom stereocenters. The summed E-state index contributed by atoms with van der Waals surface area (Å²) in [6.45, 7) is 0.653. The second-order valence-electron chi connectivity index (χ2n) is 6.40. The summed E-state index contributed by atoms with van der Waals surface area (Å²) in [4.78, 5) is 12.2. The van der Waals surface area contributed by atoms with Crippen molar-refractivity contribution < 1.29 is 9.53 Å². The van der Waals surface area contributed by atoms with Gasteiger partial charge in [-0.25, -0.2) is 5.01 Å². The number of rotatable bonds is 5. The van der Waals surface area contributed by atoms with E-state index in [2.05, 4.69) is 17.2 Å². The van der Waals surface area contributed by atoms with Crippen molar-refractivity contribution in [3.63, 3.8) is 0 Å². The molecule has 0 aromatic heterocycles. The van der Waals surface area contributed by atoms with Crippen LogP contribution >= 0.6 is 0 Å². The van der Waals surface area contributed by atoms with Crippen LogP contribution in [0.1, 0.15) is 24.8 Å². The van der Waals surface area contributed by atoms with Crippen LogP contribution in [-0.2, 0) is 16.1 Å². The fourth-order valence-electron chi connectivity index (χ4n) is 3.21. The fourth-order valence-corrected chi connectivity index (χ4v) is 3.21. The summed E-state index contributed by atoms with van der Waals surface area (Å²) in [5, 5.41) is 6.09.